The highest BCUT2D eigenvalue weighted by Gasteiger charge is 2.33. The van der Waals surface area contributed by atoms with E-state index in [2.05, 4.69) is 29.0 Å². The number of nitrogens with one attached hydrogen (secondary N) is 1. The molecule has 0 aromatic carbocycles. The third-order valence-corrected chi connectivity index (χ3v) is 4.89. The monoisotopic (exact) mass is 277 g/mol. The molecule has 2 aliphatic heterocycles. The first-order chi connectivity index (χ1) is 9.74. The van der Waals surface area contributed by atoms with E-state index in [-0.39, 0.29) is 0 Å². The van der Waals surface area contributed by atoms with Crippen molar-refractivity contribution >= 4 is 0 Å². The Balaban J connectivity index is 1.44. The molecule has 20 heavy (non-hydrogen) atoms. The Morgan fingerprint density at radius 2 is 2.35 bits per heavy atom. The van der Waals surface area contributed by atoms with Crippen LogP contribution in [0.3, 0.4) is 0 Å². The van der Waals surface area contributed by atoms with Crippen molar-refractivity contribution in [2.24, 2.45) is 0 Å². The van der Waals surface area contributed by atoms with Gasteiger partial charge in [0, 0.05) is 38.3 Å². The minimum atomic E-state index is 0.299. The first-order valence-electron chi connectivity index (χ1n) is 7.99. The van der Waals surface area contributed by atoms with Gasteiger partial charge in [0.1, 0.15) is 5.76 Å². The first-order valence-corrected chi connectivity index (χ1v) is 7.99. The molecule has 2 fully saturated rings. The van der Waals surface area contributed by atoms with Crippen LogP contribution in [0.5, 0.6) is 0 Å². The molecule has 112 valence electrons. The molecule has 0 aliphatic carbocycles. The number of hydrogen-bond acceptors (Lipinski definition) is 4. The average molecular weight is 277 g/mol. The molecule has 0 saturated carbocycles. The Hall–Kier alpha value is -0.840. The van der Waals surface area contributed by atoms with Crippen molar-refractivity contribution in [2.45, 2.75) is 44.8 Å². The van der Waals surface area contributed by atoms with Gasteiger partial charge in [0.15, 0.2) is 0 Å². The van der Waals surface area contributed by atoms with Crippen LogP contribution in [-0.2, 0) is 0 Å². The quantitative estimate of drug-likeness (QED) is 0.893. The van der Waals surface area contributed by atoms with Gasteiger partial charge in [-0.25, -0.2) is 0 Å². The molecule has 2 saturated heterocycles. The van der Waals surface area contributed by atoms with Crippen LogP contribution in [0.4, 0.5) is 0 Å². The maximum absolute atomic E-state index is 5.43. The van der Waals surface area contributed by atoms with Gasteiger partial charge in [-0.2, -0.15) is 0 Å². The van der Waals surface area contributed by atoms with Crippen molar-refractivity contribution in [1.29, 1.82) is 0 Å². The van der Waals surface area contributed by atoms with Gasteiger partial charge in [0.2, 0.25) is 0 Å². The van der Waals surface area contributed by atoms with E-state index < -0.39 is 0 Å². The molecule has 1 aromatic rings. The summed E-state index contributed by atoms with van der Waals surface area (Å²) >= 11 is 0. The molecule has 3 heterocycles. The summed E-state index contributed by atoms with van der Waals surface area (Å²) in [6.07, 6.45) is 4.52. The summed E-state index contributed by atoms with van der Waals surface area (Å²) in [4.78, 5) is 5.33. The van der Waals surface area contributed by atoms with Gasteiger partial charge in [-0.15, -0.1) is 0 Å². The highest BCUT2D eigenvalue weighted by atomic mass is 16.3. The lowest BCUT2D eigenvalue weighted by atomic mass is 10.1. The van der Waals surface area contributed by atoms with Gasteiger partial charge in [0.25, 0.3) is 0 Å². The third kappa shape index (κ3) is 3.08. The predicted octanol–water partition coefficient (Wildman–Crippen LogP) is 2.10. The Labute approximate surface area is 122 Å². The predicted molar refractivity (Wildman–Crippen MR) is 80.8 cm³/mol. The van der Waals surface area contributed by atoms with Gasteiger partial charge in [0.05, 0.1) is 12.3 Å². The fraction of sp³-hybridized carbons (Fsp3) is 0.750. The zero-order valence-electron chi connectivity index (χ0n) is 12.7. The van der Waals surface area contributed by atoms with Crippen LogP contribution in [0, 0.1) is 0 Å². The Kier molecular flexibility index (Phi) is 4.44. The van der Waals surface area contributed by atoms with Crippen molar-refractivity contribution in [2.75, 3.05) is 32.7 Å². The average Bonchev–Trinajstić information content (AvgIpc) is 3.08. The van der Waals surface area contributed by atoms with Gasteiger partial charge >= 0.3 is 0 Å². The van der Waals surface area contributed by atoms with Crippen LogP contribution >= 0.6 is 0 Å². The van der Waals surface area contributed by atoms with Gasteiger partial charge in [-0.3, -0.25) is 9.80 Å². The molecule has 1 N–H and O–H groups in total. The van der Waals surface area contributed by atoms with Crippen LogP contribution < -0.4 is 5.32 Å². The highest BCUT2D eigenvalue weighted by molar-refractivity contribution is 5.02. The molecular formula is C16H27N3O. The van der Waals surface area contributed by atoms with Gasteiger partial charge < -0.3 is 9.73 Å². The van der Waals surface area contributed by atoms with Crippen LogP contribution in [0.25, 0.3) is 0 Å². The Bertz CT molecular complexity index is 406. The standard InChI is InChI=1S/C16H27N3O/c1-13-11-19-8-3-5-15(19)12-18(13)9-7-17-14(2)16-6-4-10-20-16/h4,6,10,13-15,17H,3,5,7-9,11-12H2,1-2H3. The number of piperazine rings is 1. The summed E-state index contributed by atoms with van der Waals surface area (Å²) in [7, 11) is 0. The fourth-order valence-electron chi connectivity index (χ4n) is 3.62. The van der Waals surface area contributed by atoms with Crippen LogP contribution in [0.1, 0.15) is 38.5 Å². The zero-order chi connectivity index (χ0) is 13.9. The van der Waals surface area contributed by atoms with E-state index in [1.54, 1.807) is 6.26 Å². The van der Waals surface area contributed by atoms with E-state index in [0.717, 1.165) is 24.9 Å². The summed E-state index contributed by atoms with van der Waals surface area (Å²) < 4.78 is 5.43. The van der Waals surface area contributed by atoms with Crippen molar-refractivity contribution in [3.05, 3.63) is 24.2 Å². The minimum absolute atomic E-state index is 0.299. The van der Waals surface area contributed by atoms with E-state index >= 15 is 0 Å². The summed E-state index contributed by atoms with van der Waals surface area (Å²) in [5, 5.41) is 3.56. The molecule has 3 unspecified atom stereocenters. The summed E-state index contributed by atoms with van der Waals surface area (Å²) in [5.74, 6) is 1.03. The molecule has 2 aliphatic rings. The number of furan rings is 1. The lowest BCUT2D eigenvalue weighted by molar-refractivity contribution is 0.0598. The molecule has 4 nitrogen and oxygen atoms in total. The number of fused-ring (bicyclic) bond motifs is 1. The highest BCUT2D eigenvalue weighted by Crippen LogP contribution is 2.24. The molecule has 0 amide bonds. The first kappa shape index (κ1) is 14.1. The van der Waals surface area contributed by atoms with E-state index in [9.17, 15) is 0 Å². The van der Waals surface area contributed by atoms with Crippen molar-refractivity contribution in [3.8, 4) is 0 Å². The van der Waals surface area contributed by atoms with E-state index in [1.807, 2.05) is 12.1 Å². The van der Waals surface area contributed by atoms with Crippen molar-refractivity contribution in [3.63, 3.8) is 0 Å². The normalized spacial score (nSPS) is 29.5. The molecule has 4 heteroatoms. The largest absolute Gasteiger partial charge is 0.468 e. The van der Waals surface area contributed by atoms with Crippen LogP contribution in [0.15, 0.2) is 22.8 Å². The topological polar surface area (TPSA) is 31.6 Å². The molecule has 1 aromatic heterocycles. The van der Waals surface area contributed by atoms with Crippen LogP contribution in [0.2, 0.25) is 0 Å². The summed E-state index contributed by atoms with van der Waals surface area (Å²) in [5.41, 5.74) is 0. The van der Waals surface area contributed by atoms with Crippen LogP contribution in [-0.4, -0.2) is 54.6 Å². The Morgan fingerprint density at radius 1 is 1.45 bits per heavy atom. The maximum Gasteiger partial charge on any atom is 0.120 e. The fourth-order valence-corrected chi connectivity index (χ4v) is 3.62. The summed E-state index contributed by atoms with van der Waals surface area (Å²) in [6, 6.07) is 5.79. The number of hydrogen-bond donors (Lipinski definition) is 1. The second kappa shape index (κ2) is 6.29. The maximum atomic E-state index is 5.43. The SMILES string of the molecule is CC(NCCN1CC2CCCN2CC1C)c1ccco1. The van der Waals surface area contributed by atoms with E-state index in [4.69, 9.17) is 4.42 Å². The molecular weight excluding hydrogens is 250 g/mol. The summed E-state index contributed by atoms with van der Waals surface area (Å²) in [6.45, 7) is 10.5. The molecule has 0 spiro atoms. The van der Waals surface area contributed by atoms with E-state index in [0.29, 0.717) is 12.1 Å². The molecule has 3 rings (SSSR count). The van der Waals surface area contributed by atoms with E-state index in [1.165, 1.54) is 32.5 Å². The smallest absolute Gasteiger partial charge is 0.120 e. The number of rotatable bonds is 5. The van der Waals surface area contributed by atoms with Gasteiger partial charge in [-0.1, -0.05) is 0 Å². The second-order valence-corrected chi connectivity index (χ2v) is 6.33. The van der Waals surface area contributed by atoms with Crippen molar-refractivity contribution < 1.29 is 4.42 Å². The van der Waals surface area contributed by atoms with Crippen molar-refractivity contribution in [1.82, 2.24) is 15.1 Å². The molecule has 3 atom stereocenters. The molecule has 0 radical (unpaired) electrons. The number of nitrogens with zero attached hydrogens (tertiary/aromatic N) is 2. The zero-order valence-corrected chi connectivity index (χ0v) is 12.7. The minimum Gasteiger partial charge on any atom is -0.468 e. The lowest BCUT2D eigenvalue weighted by Gasteiger charge is -2.42. The third-order valence-electron chi connectivity index (χ3n) is 4.89. The molecule has 0 bridgehead atoms. The lowest BCUT2D eigenvalue weighted by Crippen LogP contribution is -2.56. The van der Waals surface area contributed by atoms with Gasteiger partial charge in [-0.05, 0) is 45.4 Å². The Morgan fingerprint density at radius 3 is 3.15 bits per heavy atom. The second-order valence-electron chi connectivity index (χ2n) is 6.33.